The van der Waals surface area contributed by atoms with Gasteiger partial charge in [0.25, 0.3) is 0 Å². The third-order valence-corrected chi connectivity index (χ3v) is 10.8. The van der Waals surface area contributed by atoms with Crippen LogP contribution in [-0.2, 0) is 19.9 Å². The van der Waals surface area contributed by atoms with Gasteiger partial charge in [-0.05, 0) is 74.0 Å². The summed E-state index contributed by atoms with van der Waals surface area (Å²) in [5.41, 5.74) is 0.955. The zero-order chi connectivity index (χ0) is 25.3. The van der Waals surface area contributed by atoms with Crippen LogP contribution in [0.4, 0.5) is 0 Å². The molecule has 2 aliphatic carbocycles. The van der Waals surface area contributed by atoms with Gasteiger partial charge in [-0.3, -0.25) is 9.69 Å². The van der Waals surface area contributed by atoms with Crippen molar-refractivity contribution in [2.45, 2.75) is 75.2 Å². The first-order chi connectivity index (χ1) is 17.9. The Labute approximate surface area is 220 Å². The SMILES string of the molecule is C[C@]12CCC[C@]3(CO3)[C@H]1C[C@H]1[C@@H](C2)OC(=O)[C@@H]1CN1CCC[C@@H]1C(O)(c1ccccc1)c1ccccc1. The van der Waals surface area contributed by atoms with E-state index < -0.39 is 5.60 Å². The summed E-state index contributed by atoms with van der Waals surface area (Å²) >= 11 is 0. The lowest BCUT2D eigenvalue weighted by Crippen LogP contribution is -2.53. The molecule has 2 saturated carbocycles. The number of aliphatic hydroxyl groups is 1. The second-order valence-electron chi connectivity index (χ2n) is 12.8. The Morgan fingerprint density at radius 3 is 2.35 bits per heavy atom. The molecule has 0 bridgehead atoms. The summed E-state index contributed by atoms with van der Waals surface area (Å²) < 4.78 is 12.2. The minimum atomic E-state index is -1.14. The number of nitrogens with zero attached hydrogens (tertiary/aromatic N) is 1. The van der Waals surface area contributed by atoms with E-state index in [1.807, 2.05) is 60.7 Å². The minimum absolute atomic E-state index is 0.0239. The normalized spacial score (nSPS) is 39.3. The van der Waals surface area contributed by atoms with E-state index in [9.17, 15) is 9.90 Å². The van der Waals surface area contributed by atoms with Crippen LogP contribution in [0.3, 0.4) is 0 Å². The number of rotatable bonds is 5. The van der Waals surface area contributed by atoms with Gasteiger partial charge < -0.3 is 14.6 Å². The van der Waals surface area contributed by atoms with E-state index >= 15 is 0 Å². The van der Waals surface area contributed by atoms with Gasteiger partial charge in [0.1, 0.15) is 11.7 Å². The molecule has 0 amide bonds. The summed E-state index contributed by atoms with van der Waals surface area (Å²) in [6.07, 6.45) is 7.52. The van der Waals surface area contributed by atoms with Gasteiger partial charge in [-0.1, -0.05) is 67.6 Å². The van der Waals surface area contributed by atoms with Crippen LogP contribution in [0, 0.1) is 23.2 Å². The zero-order valence-corrected chi connectivity index (χ0v) is 21.9. The summed E-state index contributed by atoms with van der Waals surface area (Å²) in [6, 6.07) is 20.0. The van der Waals surface area contributed by atoms with Crippen molar-refractivity contribution in [3.05, 3.63) is 71.8 Å². The quantitative estimate of drug-likeness (QED) is 0.466. The maximum atomic E-state index is 13.4. The first kappa shape index (κ1) is 23.9. The molecule has 1 N–H and O–H groups in total. The van der Waals surface area contributed by atoms with E-state index in [2.05, 4.69) is 11.8 Å². The van der Waals surface area contributed by atoms with Gasteiger partial charge in [0.05, 0.1) is 18.1 Å². The lowest BCUT2D eigenvalue weighted by Gasteiger charge is -2.51. The maximum Gasteiger partial charge on any atom is 0.310 e. The van der Waals surface area contributed by atoms with E-state index in [1.165, 1.54) is 19.3 Å². The number of carbonyl (C=O) groups is 1. The van der Waals surface area contributed by atoms with Gasteiger partial charge in [0.2, 0.25) is 0 Å². The van der Waals surface area contributed by atoms with Crippen molar-refractivity contribution < 1.29 is 19.4 Å². The first-order valence-electron chi connectivity index (χ1n) is 14.3. The van der Waals surface area contributed by atoms with Crippen molar-refractivity contribution in [1.29, 1.82) is 0 Å². The fourth-order valence-electron chi connectivity index (χ4n) is 8.87. The fraction of sp³-hybridized carbons (Fsp3) is 0.594. The molecule has 37 heavy (non-hydrogen) atoms. The average Bonchev–Trinajstić information content (AvgIpc) is 3.40. The smallest absolute Gasteiger partial charge is 0.310 e. The third kappa shape index (κ3) is 3.72. The molecule has 5 fully saturated rings. The zero-order valence-electron chi connectivity index (χ0n) is 21.9. The monoisotopic (exact) mass is 501 g/mol. The maximum absolute atomic E-state index is 13.4. The molecule has 0 unspecified atom stereocenters. The van der Waals surface area contributed by atoms with E-state index in [4.69, 9.17) is 9.47 Å². The fourth-order valence-corrected chi connectivity index (χ4v) is 8.87. The number of ether oxygens (including phenoxy) is 2. The highest BCUT2D eigenvalue weighted by atomic mass is 16.6. The van der Waals surface area contributed by atoms with Crippen molar-refractivity contribution in [2.75, 3.05) is 19.7 Å². The van der Waals surface area contributed by atoms with Crippen molar-refractivity contribution in [3.8, 4) is 0 Å². The highest BCUT2D eigenvalue weighted by Gasteiger charge is 2.65. The number of hydrogen-bond acceptors (Lipinski definition) is 5. The van der Waals surface area contributed by atoms with Crippen LogP contribution >= 0.6 is 0 Å². The number of esters is 1. The molecule has 0 radical (unpaired) electrons. The van der Waals surface area contributed by atoms with Gasteiger partial charge >= 0.3 is 5.97 Å². The molecular formula is C32H39NO4. The van der Waals surface area contributed by atoms with Gasteiger partial charge in [0, 0.05) is 18.5 Å². The van der Waals surface area contributed by atoms with Gasteiger partial charge in [-0.25, -0.2) is 0 Å². The largest absolute Gasteiger partial charge is 0.462 e. The number of fused-ring (bicyclic) bond motifs is 3. The average molecular weight is 502 g/mol. The lowest BCUT2D eigenvalue weighted by atomic mass is 9.53. The Bertz CT molecular complexity index is 1110. The second kappa shape index (κ2) is 8.65. The Kier molecular flexibility index (Phi) is 5.58. The Morgan fingerprint density at radius 1 is 1.03 bits per heavy atom. The molecular weight excluding hydrogens is 462 g/mol. The molecule has 7 rings (SSSR count). The second-order valence-corrected chi connectivity index (χ2v) is 12.8. The predicted molar refractivity (Wildman–Crippen MR) is 141 cm³/mol. The third-order valence-electron chi connectivity index (χ3n) is 10.8. The van der Waals surface area contributed by atoms with Crippen molar-refractivity contribution in [2.24, 2.45) is 23.2 Å². The molecule has 3 heterocycles. The van der Waals surface area contributed by atoms with E-state index in [0.29, 0.717) is 12.5 Å². The Morgan fingerprint density at radius 2 is 1.70 bits per heavy atom. The molecule has 0 aromatic heterocycles. The molecule has 7 atom stereocenters. The lowest BCUT2D eigenvalue weighted by molar-refractivity contribution is -0.147. The van der Waals surface area contributed by atoms with Crippen molar-refractivity contribution >= 4 is 5.97 Å². The number of epoxide rings is 1. The standard InChI is InChI=1S/C32H39NO4/c1-30-15-9-16-31(21-36-31)27(30)18-24-25(29(34)37-26(24)19-30)20-33-17-8-14-28(33)32(35,22-10-4-2-5-11-22)23-12-6-3-7-13-23/h2-7,10-13,24-28,35H,8-9,14-21H2,1H3/t24-,25-,26-,27+,28-,30-,31+/m1/s1. The van der Waals surface area contributed by atoms with E-state index in [1.54, 1.807) is 0 Å². The van der Waals surface area contributed by atoms with Crippen LogP contribution in [-0.4, -0.2) is 53.4 Å². The summed E-state index contributed by atoms with van der Waals surface area (Å²) in [7, 11) is 0. The first-order valence-corrected chi connectivity index (χ1v) is 14.3. The van der Waals surface area contributed by atoms with Gasteiger partial charge in [-0.15, -0.1) is 0 Å². The van der Waals surface area contributed by atoms with Crippen LogP contribution in [0.2, 0.25) is 0 Å². The summed E-state index contributed by atoms with van der Waals surface area (Å²) in [5, 5.41) is 12.5. The summed E-state index contributed by atoms with van der Waals surface area (Å²) in [6.45, 7) is 4.85. The highest BCUT2D eigenvalue weighted by Crippen LogP contribution is 2.63. The molecule has 2 aromatic rings. The molecule has 3 saturated heterocycles. The molecule has 5 nitrogen and oxygen atoms in total. The van der Waals surface area contributed by atoms with Crippen LogP contribution in [0.15, 0.2) is 60.7 Å². The predicted octanol–water partition coefficient (Wildman–Crippen LogP) is 4.91. The topological polar surface area (TPSA) is 62.3 Å². The number of hydrogen-bond donors (Lipinski definition) is 1. The number of benzene rings is 2. The number of carbonyl (C=O) groups excluding carboxylic acids is 1. The number of likely N-dealkylation sites (tertiary alicyclic amines) is 1. The Balaban J connectivity index is 1.18. The molecule has 5 aliphatic rings. The Hall–Kier alpha value is -2.21. The molecule has 2 aromatic carbocycles. The van der Waals surface area contributed by atoms with Crippen LogP contribution < -0.4 is 0 Å². The van der Waals surface area contributed by atoms with Crippen molar-refractivity contribution in [3.63, 3.8) is 0 Å². The summed E-state index contributed by atoms with van der Waals surface area (Å²) in [5.74, 6) is 0.597. The van der Waals surface area contributed by atoms with Crippen LogP contribution in [0.5, 0.6) is 0 Å². The van der Waals surface area contributed by atoms with Gasteiger partial charge in [0.15, 0.2) is 0 Å². The van der Waals surface area contributed by atoms with Crippen LogP contribution in [0.1, 0.15) is 63.0 Å². The highest BCUT2D eigenvalue weighted by molar-refractivity contribution is 5.75. The van der Waals surface area contributed by atoms with Crippen LogP contribution in [0.25, 0.3) is 0 Å². The van der Waals surface area contributed by atoms with E-state index in [0.717, 1.165) is 50.0 Å². The molecule has 196 valence electrons. The van der Waals surface area contributed by atoms with E-state index in [-0.39, 0.29) is 41.0 Å². The van der Waals surface area contributed by atoms with Crippen molar-refractivity contribution in [1.82, 2.24) is 4.90 Å². The molecule has 5 heteroatoms. The summed E-state index contributed by atoms with van der Waals surface area (Å²) in [4.78, 5) is 15.8. The minimum Gasteiger partial charge on any atom is -0.462 e. The van der Waals surface area contributed by atoms with Gasteiger partial charge in [-0.2, -0.15) is 0 Å². The molecule has 1 spiro atoms. The molecule has 3 aliphatic heterocycles.